The Morgan fingerprint density at radius 2 is 1.63 bits per heavy atom. The van der Waals surface area contributed by atoms with Crippen LogP contribution in [0.1, 0.15) is 5.56 Å². The number of nitrogens with one attached hydrogen (secondary N) is 1. The van der Waals surface area contributed by atoms with E-state index < -0.39 is 0 Å². The molecule has 7 nitrogen and oxygen atoms in total. The molecule has 0 saturated heterocycles. The molecule has 0 amide bonds. The molecule has 5 rings (SSSR count). The summed E-state index contributed by atoms with van der Waals surface area (Å²) < 4.78 is 12.6. The molecule has 9 heteroatoms. The Bertz CT molecular complexity index is 1460. The predicted octanol–water partition coefficient (Wildman–Crippen LogP) is 6.61. The molecule has 2 aromatic heterocycles. The summed E-state index contributed by atoms with van der Waals surface area (Å²) in [6.45, 7) is 0.671. The first kappa shape index (κ1) is 23.0. The van der Waals surface area contributed by atoms with Crippen molar-refractivity contribution in [1.29, 1.82) is 0 Å². The maximum Gasteiger partial charge on any atom is 0.141 e. The third-order valence-electron chi connectivity index (χ3n) is 5.62. The maximum atomic E-state index is 6.60. The normalized spacial score (nSPS) is 11.0. The molecule has 0 atom stereocenters. The summed E-state index contributed by atoms with van der Waals surface area (Å²) in [5.74, 6) is 1.73. The smallest absolute Gasteiger partial charge is 0.141 e. The summed E-state index contributed by atoms with van der Waals surface area (Å²) in [6, 6.07) is 17.8. The van der Waals surface area contributed by atoms with Crippen molar-refractivity contribution in [2.45, 2.75) is 6.54 Å². The topological polar surface area (TPSA) is 74.1 Å². The fourth-order valence-corrected chi connectivity index (χ4v) is 4.57. The van der Waals surface area contributed by atoms with E-state index >= 15 is 0 Å². The second-order valence-electron chi connectivity index (χ2n) is 7.83. The highest BCUT2D eigenvalue weighted by atomic mass is 35.5. The van der Waals surface area contributed by atoms with Crippen LogP contribution in [-0.4, -0.2) is 34.0 Å². The zero-order valence-corrected chi connectivity index (χ0v) is 20.5. The molecule has 0 saturated carbocycles. The van der Waals surface area contributed by atoms with E-state index in [9.17, 15) is 0 Å². The van der Waals surface area contributed by atoms with Crippen molar-refractivity contribution in [2.75, 3.05) is 19.5 Å². The fourth-order valence-electron chi connectivity index (χ4n) is 3.85. The van der Waals surface area contributed by atoms with Crippen molar-refractivity contribution >= 4 is 45.5 Å². The SMILES string of the molecule is COc1cc(OC)c(Cl)c(-c2ccc3cc(Nc4ccc(Cn5cncn5)cc4)ncc3c2)c1Cl. The van der Waals surface area contributed by atoms with Crippen LogP contribution in [0.5, 0.6) is 11.5 Å². The number of anilines is 2. The Balaban J connectivity index is 1.40. The first-order valence-corrected chi connectivity index (χ1v) is 11.5. The highest BCUT2D eigenvalue weighted by Gasteiger charge is 2.19. The molecule has 0 aliphatic carbocycles. The quantitative estimate of drug-likeness (QED) is 0.268. The number of halogens is 2. The molecule has 0 aliphatic heterocycles. The van der Waals surface area contributed by atoms with E-state index in [1.807, 2.05) is 54.7 Å². The summed E-state index contributed by atoms with van der Waals surface area (Å²) in [4.78, 5) is 8.55. The van der Waals surface area contributed by atoms with Crippen molar-refractivity contribution in [3.05, 3.63) is 89.1 Å². The fraction of sp³-hybridized carbons (Fsp3) is 0.115. The van der Waals surface area contributed by atoms with Gasteiger partial charge in [-0.3, -0.25) is 0 Å². The minimum absolute atomic E-state index is 0.427. The van der Waals surface area contributed by atoms with Gasteiger partial charge in [0.1, 0.15) is 30.0 Å². The number of methoxy groups -OCH3 is 2. The lowest BCUT2D eigenvalue weighted by Gasteiger charge is -2.15. The molecule has 3 aromatic carbocycles. The summed E-state index contributed by atoms with van der Waals surface area (Å²) in [7, 11) is 3.11. The van der Waals surface area contributed by atoms with Gasteiger partial charge >= 0.3 is 0 Å². The standard InChI is InChI=1S/C26H21Cl2N5O2/c1-34-21-11-22(35-2)26(28)24(25(21)27)18-6-5-17-10-23(30-12-19(17)9-18)32-20-7-3-16(4-8-20)13-33-15-29-14-31-33/h3-12,14-15H,13H2,1-2H3,(H,30,32). The average Bonchev–Trinajstić information content (AvgIpc) is 3.39. The van der Waals surface area contributed by atoms with Gasteiger partial charge in [0.05, 0.1) is 30.8 Å². The van der Waals surface area contributed by atoms with E-state index in [1.165, 1.54) is 6.33 Å². The number of fused-ring (bicyclic) bond motifs is 1. The Labute approximate surface area is 212 Å². The van der Waals surface area contributed by atoms with Crippen LogP contribution < -0.4 is 14.8 Å². The summed E-state index contributed by atoms with van der Waals surface area (Å²) >= 11 is 13.2. The van der Waals surface area contributed by atoms with E-state index in [1.54, 1.807) is 31.3 Å². The van der Waals surface area contributed by atoms with Crippen LogP contribution >= 0.6 is 23.2 Å². The zero-order valence-electron chi connectivity index (χ0n) is 19.0. The van der Waals surface area contributed by atoms with Crippen molar-refractivity contribution in [2.24, 2.45) is 0 Å². The number of benzene rings is 3. The third-order valence-corrected chi connectivity index (χ3v) is 6.37. The minimum Gasteiger partial charge on any atom is -0.495 e. The first-order valence-electron chi connectivity index (χ1n) is 10.7. The van der Waals surface area contributed by atoms with Gasteiger partial charge in [-0.2, -0.15) is 5.10 Å². The van der Waals surface area contributed by atoms with Crippen LogP contribution in [0.4, 0.5) is 11.5 Å². The van der Waals surface area contributed by atoms with Gasteiger partial charge in [0.25, 0.3) is 0 Å². The van der Waals surface area contributed by atoms with Gasteiger partial charge < -0.3 is 14.8 Å². The van der Waals surface area contributed by atoms with Gasteiger partial charge in [-0.05, 0) is 40.8 Å². The second-order valence-corrected chi connectivity index (χ2v) is 8.59. The Morgan fingerprint density at radius 3 is 2.29 bits per heavy atom. The lowest BCUT2D eigenvalue weighted by Crippen LogP contribution is -2.00. The van der Waals surface area contributed by atoms with Gasteiger partial charge in [-0.1, -0.05) is 47.5 Å². The molecule has 0 bridgehead atoms. The number of rotatable bonds is 7. The van der Waals surface area contributed by atoms with E-state index in [4.69, 9.17) is 32.7 Å². The average molecular weight is 506 g/mol. The van der Waals surface area contributed by atoms with Gasteiger partial charge in [0, 0.05) is 28.9 Å². The third kappa shape index (κ3) is 4.73. The molecule has 2 heterocycles. The van der Waals surface area contributed by atoms with Crippen LogP contribution in [0.3, 0.4) is 0 Å². The Hall–Kier alpha value is -3.81. The minimum atomic E-state index is 0.427. The number of aromatic nitrogens is 4. The molecule has 5 aromatic rings. The lowest BCUT2D eigenvalue weighted by molar-refractivity contribution is 0.395. The molecular weight excluding hydrogens is 485 g/mol. The van der Waals surface area contributed by atoms with Crippen molar-refractivity contribution in [3.8, 4) is 22.6 Å². The number of hydrogen-bond acceptors (Lipinski definition) is 6. The largest absolute Gasteiger partial charge is 0.495 e. The second kappa shape index (κ2) is 9.82. The maximum absolute atomic E-state index is 6.60. The number of pyridine rings is 1. The van der Waals surface area contributed by atoms with Gasteiger partial charge in [-0.15, -0.1) is 0 Å². The molecule has 0 unspecified atom stereocenters. The predicted molar refractivity (Wildman–Crippen MR) is 139 cm³/mol. The Kier molecular flexibility index (Phi) is 6.44. The molecule has 1 N–H and O–H groups in total. The molecule has 176 valence electrons. The van der Waals surface area contributed by atoms with E-state index in [0.717, 1.165) is 33.4 Å². The van der Waals surface area contributed by atoms with E-state index in [0.29, 0.717) is 33.7 Å². The Morgan fingerprint density at radius 1 is 0.886 bits per heavy atom. The van der Waals surface area contributed by atoms with Crippen molar-refractivity contribution < 1.29 is 9.47 Å². The van der Waals surface area contributed by atoms with Crippen LogP contribution in [0.25, 0.3) is 21.9 Å². The van der Waals surface area contributed by atoms with E-state index in [2.05, 4.69) is 20.4 Å². The molecular formula is C26H21Cl2N5O2. The lowest BCUT2D eigenvalue weighted by atomic mass is 10.0. The van der Waals surface area contributed by atoms with Crippen LogP contribution in [-0.2, 0) is 6.54 Å². The highest BCUT2D eigenvalue weighted by Crippen LogP contribution is 2.46. The number of nitrogens with zero attached hydrogens (tertiary/aromatic N) is 4. The van der Waals surface area contributed by atoms with Gasteiger partial charge in [0.15, 0.2) is 0 Å². The van der Waals surface area contributed by atoms with Crippen LogP contribution in [0.15, 0.2) is 73.4 Å². The van der Waals surface area contributed by atoms with E-state index in [-0.39, 0.29) is 0 Å². The van der Waals surface area contributed by atoms with Crippen molar-refractivity contribution in [1.82, 2.24) is 19.7 Å². The molecule has 0 aliphatic rings. The number of ether oxygens (including phenoxy) is 2. The monoisotopic (exact) mass is 505 g/mol. The zero-order chi connectivity index (χ0) is 24.4. The van der Waals surface area contributed by atoms with Gasteiger partial charge in [0.2, 0.25) is 0 Å². The summed E-state index contributed by atoms with van der Waals surface area (Å²) in [5, 5.41) is 10.3. The summed E-state index contributed by atoms with van der Waals surface area (Å²) in [5.41, 5.74) is 3.57. The number of hydrogen-bond donors (Lipinski definition) is 1. The first-order chi connectivity index (χ1) is 17.1. The molecule has 0 fully saturated rings. The van der Waals surface area contributed by atoms with Crippen LogP contribution in [0.2, 0.25) is 10.0 Å². The molecule has 0 radical (unpaired) electrons. The molecule has 35 heavy (non-hydrogen) atoms. The van der Waals surface area contributed by atoms with Crippen molar-refractivity contribution in [3.63, 3.8) is 0 Å². The molecule has 0 spiro atoms. The summed E-state index contributed by atoms with van der Waals surface area (Å²) in [6.07, 6.45) is 5.05. The van der Waals surface area contributed by atoms with Crippen LogP contribution in [0, 0.1) is 0 Å². The highest BCUT2D eigenvalue weighted by molar-refractivity contribution is 6.41. The van der Waals surface area contributed by atoms with Gasteiger partial charge in [-0.25, -0.2) is 14.6 Å².